The zero-order valence-electron chi connectivity index (χ0n) is 18.1. The summed E-state index contributed by atoms with van der Waals surface area (Å²) in [5.41, 5.74) is 15.9. The van der Waals surface area contributed by atoms with E-state index in [9.17, 15) is 30.3 Å². The van der Waals surface area contributed by atoms with Crippen LogP contribution in [-0.2, 0) is 18.4 Å². The molecule has 0 aliphatic carbocycles. The van der Waals surface area contributed by atoms with Crippen LogP contribution in [0.3, 0.4) is 0 Å². The number of nitrogens with two attached hydrogens (primary N) is 1. The highest BCUT2D eigenvalue weighted by Gasteiger charge is 2.05. The highest BCUT2D eigenvalue weighted by Crippen LogP contribution is 2.15. The van der Waals surface area contributed by atoms with Crippen LogP contribution in [0.4, 0.5) is 17.1 Å². The second-order valence-corrected chi connectivity index (χ2v) is 7.07. The number of halogens is 1. The highest BCUT2D eigenvalue weighted by molar-refractivity contribution is 9.08. The average Bonchev–Trinajstić information content (AvgIpc) is 2.88. The van der Waals surface area contributed by atoms with Gasteiger partial charge in [-0.15, -0.1) is 0 Å². The zero-order valence-corrected chi connectivity index (χ0v) is 19.7. The van der Waals surface area contributed by atoms with Gasteiger partial charge in [0.1, 0.15) is 0 Å². The van der Waals surface area contributed by atoms with E-state index in [2.05, 4.69) is 26.0 Å². The Morgan fingerprint density at radius 2 is 1.17 bits per heavy atom. The van der Waals surface area contributed by atoms with E-state index in [1.54, 1.807) is 36.4 Å². The molecule has 35 heavy (non-hydrogen) atoms. The van der Waals surface area contributed by atoms with Crippen LogP contribution in [0, 0.1) is 30.3 Å². The molecule has 2 N–H and O–H groups in total. The minimum absolute atomic E-state index is 0.00522. The third-order valence-corrected chi connectivity index (χ3v) is 4.72. The van der Waals surface area contributed by atoms with E-state index in [0.29, 0.717) is 17.4 Å². The van der Waals surface area contributed by atoms with Crippen LogP contribution < -0.4 is 5.73 Å². The number of hydrogen-bond donors (Lipinski definition) is 1. The van der Waals surface area contributed by atoms with E-state index in [-0.39, 0.29) is 23.6 Å². The van der Waals surface area contributed by atoms with Crippen molar-refractivity contribution < 1.29 is 14.8 Å². The number of nitro groups is 3. The first kappa shape index (κ1) is 28.6. The molecule has 0 saturated carbocycles. The second kappa shape index (κ2) is 15.4. The van der Waals surface area contributed by atoms with Crippen molar-refractivity contribution in [3.05, 3.63) is 130 Å². The third kappa shape index (κ3) is 10.9. The second-order valence-electron chi connectivity index (χ2n) is 6.51. The number of nitro benzene ring substituents is 3. The first-order valence-corrected chi connectivity index (χ1v) is 10.8. The van der Waals surface area contributed by atoms with Crippen molar-refractivity contribution in [3.8, 4) is 0 Å². The third-order valence-electron chi connectivity index (χ3n) is 4.07. The van der Waals surface area contributed by atoms with E-state index in [0.717, 1.165) is 11.1 Å². The molecule has 0 heterocycles. The molecular formula is C21H20BrN7O6. The molecule has 0 atom stereocenters. The molecule has 0 amide bonds. The summed E-state index contributed by atoms with van der Waals surface area (Å²) in [5.74, 6) is 0. The van der Waals surface area contributed by atoms with Crippen LogP contribution in [0.2, 0.25) is 0 Å². The van der Waals surface area contributed by atoms with Crippen LogP contribution in [0.5, 0.6) is 0 Å². The van der Waals surface area contributed by atoms with Gasteiger partial charge in [0.15, 0.2) is 0 Å². The Morgan fingerprint density at radius 3 is 1.57 bits per heavy atom. The molecule has 3 rings (SSSR count). The van der Waals surface area contributed by atoms with Gasteiger partial charge in [-0.05, 0) is 22.2 Å². The molecule has 182 valence electrons. The molecule has 0 radical (unpaired) electrons. The standard InChI is InChI=1S/C7H6BrNO2.C7H6N4O2.C7H8N2O2/c8-5-6-2-1-3-7(4-6)9(10)11;8-10-9-5-6-2-1-3-7(4-6)11(12)13;8-5-6-2-1-3-7(4-6)9(10)11/h1-4H,5H2;1-4H,5H2;1-4H,5,8H2. The first-order chi connectivity index (χ1) is 16.7. The summed E-state index contributed by atoms with van der Waals surface area (Å²) in [4.78, 5) is 32.1. The van der Waals surface area contributed by atoms with E-state index >= 15 is 0 Å². The number of alkyl halides is 1. The molecule has 0 bridgehead atoms. The van der Waals surface area contributed by atoms with Crippen LogP contribution in [0.15, 0.2) is 77.9 Å². The SMILES string of the molecule is NCc1cccc([N+](=O)[O-])c1.O=[N+]([O-])c1cccc(CBr)c1.[N-]=[N+]=NCc1cccc([N+](=O)[O-])c1. The van der Waals surface area contributed by atoms with Gasteiger partial charge in [-0.1, -0.05) is 57.4 Å². The molecule has 14 heteroatoms. The van der Waals surface area contributed by atoms with Gasteiger partial charge in [0.2, 0.25) is 0 Å². The summed E-state index contributed by atoms with van der Waals surface area (Å²) in [6, 6.07) is 18.8. The Labute approximate surface area is 207 Å². The van der Waals surface area contributed by atoms with Crippen LogP contribution in [0.1, 0.15) is 16.7 Å². The van der Waals surface area contributed by atoms with E-state index in [1.165, 1.54) is 30.3 Å². The topological polar surface area (TPSA) is 204 Å². The minimum Gasteiger partial charge on any atom is -0.326 e. The lowest BCUT2D eigenvalue weighted by Gasteiger charge is -1.94. The fraction of sp³-hybridized carbons (Fsp3) is 0.143. The van der Waals surface area contributed by atoms with E-state index in [1.807, 2.05) is 6.07 Å². The molecule has 13 nitrogen and oxygen atoms in total. The lowest BCUT2D eigenvalue weighted by Crippen LogP contribution is -1.97. The molecule has 0 aromatic heterocycles. The van der Waals surface area contributed by atoms with Gasteiger partial charge in [-0.25, -0.2) is 0 Å². The van der Waals surface area contributed by atoms with Crippen molar-refractivity contribution in [1.82, 2.24) is 0 Å². The predicted octanol–water partition coefficient (Wildman–Crippen LogP) is 5.95. The Kier molecular flexibility index (Phi) is 12.6. The van der Waals surface area contributed by atoms with Crippen molar-refractivity contribution in [1.29, 1.82) is 0 Å². The first-order valence-electron chi connectivity index (χ1n) is 9.68. The Morgan fingerprint density at radius 1 is 0.771 bits per heavy atom. The molecular weight excluding hydrogens is 526 g/mol. The number of non-ortho nitro benzene ring substituents is 3. The maximum Gasteiger partial charge on any atom is 0.269 e. The van der Waals surface area contributed by atoms with Gasteiger partial charge < -0.3 is 5.73 Å². The molecule has 0 saturated heterocycles. The number of benzene rings is 3. The molecule has 0 aliphatic rings. The van der Waals surface area contributed by atoms with Gasteiger partial charge >= 0.3 is 0 Å². The van der Waals surface area contributed by atoms with Crippen molar-refractivity contribution in [3.63, 3.8) is 0 Å². The number of azide groups is 1. The van der Waals surface area contributed by atoms with Gasteiger partial charge in [0.25, 0.3) is 17.1 Å². The van der Waals surface area contributed by atoms with Crippen LogP contribution in [-0.4, -0.2) is 14.8 Å². The molecule has 0 aliphatic heterocycles. The zero-order chi connectivity index (χ0) is 26.2. The summed E-state index contributed by atoms with van der Waals surface area (Å²) in [7, 11) is 0. The van der Waals surface area contributed by atoms with Gasteiger partial charge in [0.05, 0.1) is 21.3 Å². The van der Waals surface area contributed by atoms with E-state index < -0.39 is 14.8 Å². The predicted molar refractivity (Wildman–Crippen MR) is 133 cm³/mol. The Hall–Kier alpha value is -4.39. The Bertz CT molecular complexity index is 1160. The fourth-order valence-corrected chi connectivity index (χ4v) is 2.78. The highest BCUT2D eigenvalue weighted by atomic mass is 79.9. The van der Waals surface area contributed by atoms with Gasteiger partial charge in [-0.3, -0.25) is 30.3 Å². The van der Waals surface area contributed by atoms with Crippen LogP contribution in [0.25, 0.3) is 10.4 Å². The fourth-order valence-electron chi connectivity index (χ4n) is 2.43. The summed E-state index contributed by atoms with van der Waals surface area (Å²) >= 11 is 3.22. The molecule has 0 fully saturated rings. The molecule has 3 aromatic carbocycles. The quantitative estimate of drug-likeness (QED) is 0.0940. The summed E-state index contributed by atoms with van der Waals surface area (Å²) in [5, 5.41) is 34.8. The van der Waals surface area contributed by atoms with Gasteiger partial charge in [0, 0.05) is 53.2 Å². The lowest BCUT2D eigenvalue weighted by atomic mass is 10.2. The summed E-state index contributed by atoms with van der Waals surface area (Å²) in [6.07, 6.45) is 0. The number of hydrogen-bond acceptors (Lipinski definition) is 8. The van der Waals surface area contributed by atoms with Crippen molar-refractivity contribution in [2.24, 2.45) is 10.8 Å². The van der Waals surface area contributed by atoms with Crippen molar-refractivity contribution in [2.75, 3.05) is 0 Å². The smallest absolute Gasteiger partial charge is 0.269 e. The normalized spacial score (nSPS) is 9.31. The largest absolute Gasteiger partial charge is 0.326 e. The number of nitrogens with zero attached hydrogens (tertiary/aromatic N) is 6. The summed E-state index contributed by atoms with van der Waals surface area (Å²) < 4.78 is 0. The molecule has 3 aromatic rings. The molecule has 0 spiro atoms. The van der Waals surface area contributed by atoms with Crippen LogP contribution >= 0.6 is 15.9 Å². The maximum absolute atomic E-state index is 10.3. The van der Waals surface area contributed by atoms with E-state index in [4.69, 9.17) is 11.3 Å². The van der Waals surface area contributed by atoms with Crippen molar-refractivity contribution >= 4 is 33.0 Å². The lowest BCUT2D eigenvalue weighted by molar-refractivity contribution is -0.385. The number of rotatable bonds is 7. The average molecular weight is 546 g/mol. The summed E-state index contributed by atoms with van der Waals surface area (Å²) in [6.45, 7) is 0.472. The minimum atomic E-state index is -0.487. The Balaban J connectivity index is 0.000000264. The monoisotopic (exact) mass is 545 g/mol. The maximum atomic E-state index is 10.3. The molecule has 0 unspecified atom stereocenters. The van der Waals surface area contributed by atoms with Crippen molar-refractivity contribution in [2.45, 2.75) is 18.4 Å². The van der Waals surface area contributed by atoms with Gasteiger partial charge in [-0.2, -0.15) is 0 Å².